The molecular weight excluding hydrogens is 506 g/mol. The fourth-order valence-electron chi connectivity index (χ4n) is 2.69. The fraction of sp³-hybridized carbons (Fsp3) is 0.0833. The third kappa shape index (κ3) is 6.66. The van der Waals surface area contributed by atoms with Gasteiger partial charge in [-0.25, -0.2) is 10.2 Å². The van der Waals surface area contributed by atoms with Crippen LogP contribution in [-0.4, -0.2) is 38.2 Å². The van der Waals surface area contributed by atoms with Crippen LogP contribution in [0.25, 0.3) is 0 Å². The lowest BCUT2D eigenvalue weighted by atomic mass is 10.2. The fourth-order valence-corrected chi connectivity index (χ4v) is 2.96. The van der Waals surface area contributed by atoms with Crippen molar-refractivity contribution in [3.8, 4) is 17.2 Å². The third-order valence-electron chi connectivity index (χ3n) is 4.38. The van der Waals surface area contributed by atoms with E-state index in [0.717, 1.165) is 4.47 Å². The molecule has 0 aliphatic carbocycles. The van der Waals surface area contributed by atoms with Crippen LogP contribution < -0.4 is 25.0 Å². The molecule has 0 atom stereocenters. The molecule has 0 radical (unpaired) electrons. The predicted octanol–water partition coefficient (Wildman–Crippen LogP) is 3.77. The van der Waals surface area contributed by atoms with Crippen molar-refractivity contribution in [2.45, 2.75) is 0 Å². The summed E-state index contributed by atoms with van der Waals surface area (Å²) in [5.41, 5.74) is 3.47. The van der Waals surface area contributed by atoms with Crippen LogP contribution in [0.5, 0.6) is 17.2 Å². The molecule has 0 aromatic heterocycles. The van der Waals surface area contributed by atoms with Gasteiger partial charge in [0.05, 0.1) is 26.0 Å². The topological polar surface area (TPSA) is 115 Å². The van der Waals surface area contributed by atoms with Crippen LogP contribution >= 0.6 is 15.9 Å². The van der Waals surface area contributed by atoms with Crippen molar-refractivity contribution in [2.24, 2.45) is 5.10 Å². The molecule has 0 fully saturated rings. The molecule has 3 rings (SSSR count). The van der Waals surface area contributed by atoms with Gasteiger partial charge in [-0.2, -0.15) is 5.10 Å². The van der Waals surface area contributed by atoms with Gasteiger partial charge in [0, 0.05) is 10.2 Å². The number of hydrogen-bond donors (Lipinski definition) is 2. The Balaban J connectivity index is 1.60. The molecule has 10 heteroatoms. The van der Waals surface area contributed by atoms with E-state index in [1.165, 1.54) is 26.5 Å². The molecule has 3 aromatic carbocycles. The Morgan fingerprint density at radius 2 is 1.65 bits per heavy atom. The van der Waals surface area contributed by atoms with Crippen LogP contribution in [0.1, 0.15) is 15.9 Å². The number of hydrogen-bond acceptors (Lipinski definition) is 7. The van der Waals surface area contributed by atoms with E-state index < -0.39 is 17.8 Å². The van der Waals surface area contributed by atoms with Crippen LogP contribution in [0.4, 0.5) is 5.69 Å². The standard InChI is InChI=1S/C24H20BrN3O6/c1-32-19-5-3-4-16(13-19)24(31)34-20-11-6-15(12-21(20)33-2)14-26-28-23(30)22(29)27-18-9-7-17(25)8-10-18/h3-14H,1-2H3,(H,27,29)(H,28,30)/b26-14+. The van der Waals surface area contributed by atoms with Crippen LogP contribution in [0.15, 0.2) is 76.3 Å². The molecule has 0 heterocycles. The summed E-state index contributed by atoms with van der Waals surface area (Å²) in [6, 6.07) is 18.0. The van der Waals surface area contributed by atoms with Crippen molar-refractivity contribution in [1.82, 2.24) is 5.43 Å². The Bertz CT molecular complexity index is 1230. The highest BCUT2D eigenvalue weighted by atomic mass is 79.9. The number of ether oxygens (including phenoxy) is 3. The van der Waals surface area contributed by atoms with Crippen LogP contribution in [0, 0.1) is 0 Å². The minimum absolute atomic E-state index is 0.199. The number of esters is 1. The molecule has 34 heavy (non-hydrogen) atoms. The lowest BCUT2D eigenvalue weighted by Crippen LogP contribution is -2.32. The summed E-state index contributed by atoms with van der Waals surface area (Å²) in [7, 11) is 2.93. The van der Waals surface area contributed by atoms with Gasteiger partial charge in [-0.1, -0.05) is 22.0 Å². The van der Waals surface area contributed by atoms with Crippen molar-refractivity contribution in [1.29, 1.82) is 0 Å². The summed E-state index contributed by atoms with van der Waals surface area (Å²) in [6.45, 7) is 0. The zero-order valence-corrected chi connectivity index (χ0v) is 19.8. The van der Waals surface area contributed by atoms with Crippen molar-refractivity contribution >= 4 is 45.6 Å². The van der Waals surface area contributed by atoms with E-state index in [0.29, 0.717) is 22.6 Å². The van der Waals surface area contributed by atoms with E-state index in [4.69, 9.17) is 14.2 Å². The minimum Gasteiger partial charge on any atom is -0.497 e. The summed E-state index contributed by atoms with van der Waals surface area (Å²) in [5, 5.41) is 6.24. The highest BCUT2D eigenvalue weighted by molar-refractivity contribution is 9.10. The van der Waals surface area contributed by atoms with Gasteiger partial charge >= 0.3 is 17.8 Å². The SMILES string of the molecule is COc1cccc(C(=O)Oc2ccc(/C=N/NC(=O)C(=O)Nc3ccc(Br)cc3)cc2OC)c1. The molecule has 9 nitrogen and oxygen atoms in total. The second kappa shape index (κ2) is 11.6. The second-order valence-electron chi connectivity index (χ2n) is 6.69. The Morgan fingerprint density at radius 1 is 0.882 bits per heavy atom. The average Bonchev–Trinajstić information content (AvgIpc) is 2.86. The molecule has 0 aliphatic rings. The van der Waals surface area contributed by atoms with E-state index in [9.17, 15) is 14.4 Å². The lowest BCUT2D eigenvalue weighted by molar-refractivity contribution is -0.136. The highest BCUT2D eigenvalue weighted by Gasteiger charge is 2.15. The second-order valence-corrected chi connectivity index (χ2v) is 7.61. The van der Waals surface area contributed by atoms with Crippen LogP contribution in [0.2, 0.25) is 0 Å². The average molecular weight is 526 g/mol. The van der Waals surface area contributed by atoms with Crippen molar-refractivity contribution < 1.29 is 28.6 Å². The first-order valence-electron chi connectivity index (χ1n) is 9.84. The number of nitrogens with zero attached hydrogens (tertiary/aromatic N) is 1. The van der Waals surface area contributed by atoms with Gasteiger partial charge in [0.25, 0.3) is 0 Å². The maximum atomic E-state index is 12.4. The molecule has 0 saturated heterocycles. The first kappa shape index (κ1) is 24.5. The van der Waals surface area contributed by atoms with Crippen molar-refractivity contribution in [3.05, 3.63) is 82.3 Å². The van der Waals surface area contributed by atoms with Gasteiger partial charge in [0.1, 0.15) is 5.75 Å². The van der Waals surface area contributed by atoms with Crippen LogP contribution in [0.3, 0.4) is 0 Å². The number of halogens is 1. The molecule has 0 unspecified atom stereocenters. The molecule has 3 aromatic rings. The number of benzene rings is 3. The van der Waals surface area contributed by atoms with Gasteiger partial charge in [-0.05, 0) is 66.2 Å². The highest BCUT2D eigenvalue weighted by Crippen LogP contribution is 2.28. The van der Waals surface area contributed by atoms with E-state index in [1.807, 2.05) is 0 Å². The van der Waals surface area contributed by atoms with E-state index in [2.05, 4.69) is 31.8 Å². The number of rotatable bonds is 7. The Kier molecular flexibility index (Phi) is 8.36. The first-order valence-corrected chi connectivity index (χ1v) is 10.6. The number of hydrazone groups is 1. The molecule has 0 bridgehead atoms. The largest absolute Gasteiger partial charge is 0.497 e. The summed E-state index contributed by atoms with van der Waals surface area (Å²) in [4.78, 5) is 36.4. The minimum atomic E-state index is -0.935. The monoisotopic (exact) mass is 525 g/mol. The van der Waals surface area contributed by atoms with E-state index >= 15 is 0 Å². The van der Waals surface area contributed by atoms with Crippen molar-refractivity contribution in [3.63, 3.8) is 0 Å². The molecular formula is C24H20BrN3O6. The van der Waals surface area contributed by atoms with Gasteiger partial charge in [0.15, 0.2) is 11.5 Å². The van der Waals surface area contributed by atoms with E-state index in [1.54, 1.807) is 60.7 Å². The number of methoxy groups -OCH3 is 2. The van der Waals surface area contributed by atoms with Crippen LogP contribution in [-0.2, 0) is 9.59 Å². The number of amides is 2. The predicted molar refractivity (Wildman–Crippen MR) is 129 cm³/mol. The summed E-state index contributed by atoms with van der Waals surface area (Å²) in [6.07, 6.45) is 1.32. The molecule has 0 aliphatic heterocycles. The maximum absolute atomic E-state index is 12.4. The molecule has 174 valence electrons. The third-order valence-corrected chi connectivity index (χ3v) is 4.91. The number of nitrogens with one attached hydrogen (secondary N) is 2. The summed E-state index contributed by atoms with van der Waals surface area (Å²) in [5.74, 6) is -1.38. The van der Waals surface area contributed by atoms with Crippen molar-refractivity contribution in [2.75, 3.05) is 19.5 Å². The zero-order chi connectivity index (χ0) is 24.5. The van der Waals surface area contributed by atoms with Gasteiger partial charge in [-0.3, -0.25) is 9.59 Å². The Labute approximate surface area is 203 Å². The normalized spacial score (nSPS) is 10.4. The smallest absolute Gasteiger partial charge is 0.343 e. The maximum Gasteiger partial charge on any atom is 0.343 e. The molecule has 2 amide bonds. The summed E-state index contributed by atoms with van der Waals surface area (Å²) < 4.78 is 16.7. The van der Waals surface area contributed by atoms with Gasteiger partial charge < -0.3 is 19.5 Å². The number of carbonyl (C=O) groups excluding carboxylic acids is 3. The molecule has 2 N–H and O–H groups in total. The number of anilines is 1. The zero-order valence-electron chi connectivity index (χ0n) is 18.2. The Hall–Kier alpha value is -4.18. The van der Waals surface area contributed by atoms with Gasteiger partial charge in [-0.15, -0.1) is 0 Å². The lowest BCUT2D eigenvalue weighted by Gasteiger charge is -2.10. The number of carbonyl (C=O) groups is 3. The Morgan fingerprint density at radius 3 is 2.35 bits per heavy atom. The van der Waals surface area contributed by atoms with E-state index in [-0.39, 0.29) is 11.5 Å². The first-order chi connectivity index (χ1) is 16.4. The quantitative estimate of drug-likeness (QED) is 0.159. The molecule has 0 spiro atoms. The van der Waals surface area contributed by atoms with Gasteiger partial charge in [0.2, 0.25) is 0 Å². The summed E-state index contributed by atoms with van der Waals surface area (Å²) >= 11 is 3.29. The molecule has 0 saturated carbocycles.